The van der Waals surface area contributed by atoms with Crippen LogP contribution in [0.1, 0.15) is 0 Å². The first-order valence-corrected chi connectivity index (χ1v) is 7.82. The molecule has 1 atom stereocenters. The summed E-state index contributed by atoms with van der Waals surface area (Å²) in [5.74, 6) is -2.32. The molecule has 0 saturated heterocycles. The second kappa shape index (κ2) is 7.13. The number of benzene rings is 2. The average Bonchev–Trinajstić information content (AvgIpc) is 2.46. The van der Waals surface area contributed by atoms with Crippen molar-refractivity contribution >= 4 is 22.4 Å². The van der Waals surface area contributed by atoms with Gasteiger partial charge >= 0.3 is 0 Å². The Labute approximate surface area is 128 Å². The lowest BCUT2D eigenvalue weighted by Crippen LogP contribution is -2.20. The van der Waals surface area contributed by atoms with E-state index in [9.17, 15) is 17.8 Å². The minimum Gasteiger partial charge on any atom is -0.481 e. The van der Waals surface area contributed by atoms with E-state index in [1.807, 2.05) is 0 Å². The van der Waals surface area contributed by atoms with Gasteiger partial charge in [0.05, 0.1) is 0 Å². The van der Waals surface area contributed by atoms with Gasteiger partial charge in [-0.3, -0.25) is 9.00 Å². The van der Waals surface area contributed by atoms with Crippen LogP contribution in [0.2, 0.25) is 0 Å². The molecule has 0 spiro atoms. The van der Waals surface area contributed by atoms with Crippen LogP contribution in [0.3, 0.4) is 0 Å². The molecule has 116 valence electrons. The lowest BCUT2D eigenvalue weighted by molar-refractivity contribution is -0.118. The Balaban J connectivity index is 1.95. The van der Waals surface area contributed by atoms with Crippen molar-refractivity contribution in [2.24, 2.45) is 0 Å². The van der Waals surface area contributed by atoms with Gasteiger partial charge < -0.3 is 10.1 Å². The summed E-state index contributed by atoms with van der Waals surface area (Å²) in [6.07, 6.45) is 1.53. The molecular weight excluding hydrogens is 312 g/mol. The molecule has 22 heavy (non-hydrogen) atoms. The van der Waals surface area contributed by atoms with Gasteiger partial charge in [0.1, 0.15) is 5.82 Å². The van der Waals surface area contributed by atoms with E-state index < -0.39 is 34.9 Å². The Hall–Kier alpha value is -2.28. The molecule has 2 aromatic carbocycles. The number of nitrogens with one attached hydrogen (secondary N) is 1. The van der Waals surface area contributed by atoms with Gasteiger partial charge in [0.25, 0.3) is 5.91 Å². The predicted octanol–water partition coefficient (Wildman–Crippen LogP) is 2.72. The summed E-state index contributed by atoms with van der Waals surface area (Å²) in [6, 6.07) is 9.37. The second-order valence-corrected chi connectivity index (χ2v) is 5.77. The highest BCUT2D eigenvalue weighted by Crippen LogP contribution is 2.18. The van der Waals surface area contributed by atoms with E-state index in [-0.39, 0.29) is 5.75 Å². The third-order valence-electron chi connectivity index (χ3n) is 2.70. The highest BCUT2D eigenvalue weighted by Gasteiger charge is 2.09. The Kier molecular flexibility index (Phi) is 5.21. The van der Waals surface area contributed by atoms with Crippen LogP contribution in [0.5, 0.6) is 5.75 Å². The molecule has 1 N–H and O–H groups in total. The molecule has 0 aromatic heterocycles. The van der Waals surface area contributed by atoms with Crippen LogP contribution in [-0.4, -0.2) is 23.0 Å². The van der Waals surface area contributed by atoms with Crippen LogP contribution in [0.4, 0.5) is 14.5 Å². The van der Waals surface area contributed by atoms with Gasteiger partial charge in [0.2, 0.25) is 0 Å². The molecule has 0 heterocycles. The molecule has 0 unspecified atom stereocenters. The van der Waals surface area contributed by atoms with Crippen molar-refractivity contribution in [3.63, 3.8) is 0 Å². The Morgan fingerprint density at radius 3 is 2.68 bits per heavy atom. The molecule has 0 aliphatic carbocycles. The Bertz CT molecular complexity index is 722. The molecule has 0 radical (unpaired) electrons. The van der Waals surface area contributed by atoms with E-state index in [0.29, 0.717) is 16.6 Å². The van der Waals surface area contributed by atoms with Gasteiger partial charge in [-0.1, -0.05) is 6.07 Å². The van der Waals surface area contributed by atoms with Crippen LogP contribution in [0.25, 0.3) is 0 Å². The lowest BCUT2D eigenvalue weighted by atomic mass is 10.3. The third kappa shape index (κ3) is 4.36. The van der Waals surface area contributed by atoms with Crippen molar-refractivity contribution in [1.82, 2.24) is 0 Å². The van der Waals surface area contributed by atoms with Crippen molar-refractivity contribution in [3.05, 3.63) is 54.1 Å². The lowest BCUT2D eigenvalue weighted by Gasteiger charge is -2.09. The molecule has 2 rings (SSSR count). The largest absolute Gasteiger partial charge is 0.481 e. The number of rotatable bonds is 5. The molecule has 7 heteroatoms. The van der Waals surface area contributed by atoms with Crippen LogP contribution >= 0.6 is 0 Å². The number of amides is 1. The summed E-state index contributed by atoms with van der Waals surface area (Å²) in [4.78, 5) is 12.3. The molecule has 0 aliphatic heterocycles. The van der Waals surface area contributed by atoms with E-state index in [1.165, 1.54) is 6.26 Å². The molecule has 0 saturated carbocycles. The zero-order chi connectivity index (χ0) is 16.1. The van der Waals surface area contributed by atoms with Gasteiger partial charge in [-0.15, -0.1) is 0 Å². The minimum atomic E-state index is -1.16. The van der Waals surface area contributed by atoms with Crippen LogP contribution in [0.15, 0.2) is 47.4 Å². The fraction of sp³-hybridized carbons (Fsp3) is 0.133. The predicted molar refractivity (Wildman–Crippen MR) is 79.3 cm³/mol. The number of anilines is 1. The van der Waals surface area contributed by atoms with Gasteiger partial charge in [0.15, 0.2) is 18.2 Å². The maximum Gasteiger partial charge on any atom is 0.262 e. The summed E-state index contributed by atoms with van der Waals surface area (Å²) in [6.45, 7) is -0.429. The number of hydrogen-bond donors (Lipinski definition) is 1. The quantitative estimate of drug-likeness (QED) is 0.919. The zero-order valence-electron chi connectivity index (χ0n) is 11.6. The van der Waals surface area contributed by atoms with E-state index in [0.717, 1.165) is 12.1 Å². The van der Waals surface area contributed by atoms with E-state index >= 15 is 0 Å². The standard InChI is InChI=1S/C15H13F2NO3S/c1-22(20)12-4-2-3-11(8-12)18-15(19)9-21-14-6-5-10(16)7-13(14)17/h2-8H,9H2,1H3,(H,18,19)/t22-/m1/s1. The second-order valence-electron chi connectivity index (χ2n) is 4.39. The molecule has 1 amide bonds. The Morgan fingerprint density at radius 1 is 1.23 bits per heavy atom. The monoisotopic (exact) mass is 325 g/mol. The van der Waals surface area contributed by atoms with Crippen molar-refractivity contribution in [3.8, 4) is 5.75 Å². The van der Waals surface area contributed by atoms with Gasteiger partial charge in [-0.25, -0.2) is 8.78 Å². The Morgan fingerprint density at radius 2 is 2.00 bits per heavy atom. The highest BCUT2D eigenvalue weighted by atomic mass is 32.2. The first-order chi connectivity index (χ1) is 10.5. The summed E-state index contributed by atoms with van der Waals surface area (Å²) in [7, 11) is -1.16. The zero-order valence-corrected chi connectivity index (χ0v) is 12.5. The molecule has 0 bridgehead atoms. The maximum absolute atomic E-state index is 13.3. The smallest absolute Gasteiger partial charge is 0.262 e. The molecule has 0 fully saturated rings. The molecule has 0 aliphatic rings. The van der Waals surface area contributed by atoms with E-state index in [2.05, 4.69) is 5.32 Å². The average molecular weight is 325 g/mol. The van der Waals surface area contributed by atoms with Crippen molar-refractivity contribution in [2.75, 3.05) is 18.2 Å². The van der Waals surface area contributed by atoms with E-state index in [1.54, 1.807) is 24.3 Å². The number of carbonyl (C=O) groups excluding carboxylic acids is 1. The first kappa shape index (κ1) is 16.1. The van der Waals surface area contributed by atoms with Crippen molar-refractivity contribution in [1.29, 1.82) is 0 Å². The van der Waals surface area contributed by atoms with E-state index in [4.69, 9.17) is 4.74 Å². The fourth-order valence-corrected chi connectivity index (χ4v) is 2.25. The normalized spacial score (nSPS) is 11.8. The topological polar surface area (TPSA) is 55.4 Å². The molecule has 2 aromatic rings. The van der Waals surface area contributed by atoms with Gasteiger partial charge in [0, 0.05) is 33.7 Å². The van der Waals surface area contributed by atoms with Gasteiger partial charge in [-0.2, -0.15) is 0 Å². The van der Waals surface area contributed by atoms with Crippen LogP contribution in [0, 0.1) is 11.6 Å². The number of ether oxygens (including phenoxy) is 1. The summed E-state index contributed by atoms with van der Waals surface area (Å²) >= 11 is 0. The summed E-state index contributed by atoms with van der Waals surface area (Å²) < 4.78 is 42.4. The molecular formula is C15H13F2NO3S. The van der Waals surface area contributed by atoms with Crippen molar-refractivity contribution < 1.29 is 22.5 Å². The summed E-state index contributed by atoms with van der Waals surface area (Å²) in [5, 5.41) is 2.54. The maximum atomic E-state index is 13.3. The number of halogens is 2. The fourth-order valence-electron chi connectivity index (χ4n) is 1.69. The third-order valence-corrected chi connectivity index (χ3v) is 3.62. The highest BCUT2D eigenvalue weighted by molar-refractivity contribution is 7.84. The van der Waals surface area contributed by atoms with Crippen LogP contribution in [-0.2, 0) is 15.6 Å². The number of hydrogen-bond acceptors (Lipinski definition) is 3. The first-order valence-electron chi connectivity index (χ1n) is 6.27. The summed E-state index contributed by atoms with van der Waals surface area (Å²) in [5.41, 5.74) is 0.459. The minimum absolute atomic E-state index is 0.208. The number of carbonyl (C=O) groups is 1. The molecule has 4 nitrogen and oxygen atoms in total. The van der Waals surface area contributed by atoms with Crippen molar-refractivity contribution in [2.45, 2.75) is 4.90 Å². The van der Waals surface area contributed by atoms with Gasteiger partial charge in [-0.05, 0) is 30.3 Å². The SMILES string of the molecule is C[S@@](=O)c1cccc(NC(=O)COc2ccc(F)cc2F)c1. The van der Waals surface area contributed by atoms with Crippen LogP contribution < -0.4 is 10.1 Å².